The van der Waals surface area contributed by atoms with E-state index in [1.54, 1.807) is 23.6 Å². The molecule has 0 unspecified atom stereocenters. The summed E-state index contributed by atoms with van der Waals surface area (Å²) in [7, 11) is 0. The number of pyridine rings is 1. The predicted octanol–water partition coefficient (Wildman–Crippen LogP) is 0.812. The molecule has 0 saturated carbocycles. The number of anilines is 2. The molecule has 2 fully saturated rings. The Morgan fingerprint density at radius 1 is 1.20 bits per heavy atom. The van der Waals surface area contributed by atoms with E-state index in [2.05, 4.69) is 30.3 Å². The van der Waals surface area contributed by atoms with Crippen LogP contribution >= 0.6 is 0 Å². The Morgan fingerprint density at radius 2 is 2.12 bits per heavy atom. The van der Waals surface area contributed by atoms with Gasteiger partial charge in [0.2, 0.25) is 0 Å². The molecule has 2 saturated heterocycles. The molecule has 0 spiro atoms. The number of hydrogen-bond acceptors (Lipinski definition) is 6. The highest BCUT2D eigenvalue weighted by Crippen LogP contribution is 2.31. The first-order valence-corrected chi connectivity index (χ1v) is 8.20. The number of rotatable bonds is 3. The van der Waals surface area contributed by atoms with Gasteiger partial charge in [-0.3, -0.25) is 9.58 Å². The van der Waals surface area contributed by atoms with Gasteiger partial charge in [0.25, 0.3) is 0 Å². The Bertz CT molecular complexity index is 943. The molecule has 2 aliphatic rings. The molecule has 0 aliphatic carbocycles. The summed E-state index contributed by atoms with van der Waals surface area (Å²) in [4.78, 5) is 28.6. The molecule has 2 amide bonds. The van der Waals surface area contributed by atoms with Crippen molar-refractivity contribution >= 4 is 28.6 Å². The van der Waals surface area contributed by atoms with Crippen molar-refractivity contribution in [2.45, 2.75) is 6.04 Å². The van der Waals surface area contributed by atoms with E-state index >= 15 is 0 Å². The van der Waals surface area contributed by atoms with Gasteiger partial charge in [-0.2, -0.15) is 5.10 Å². The highest BCUT2D eigenvalue weighted by atomic mass is 16.2. The summed E-state index contributed by atoms with van der Waals surface area (Å²) in [6.07, 6.45) is 6.97. The molecule has 2 aliphatic heterocycles. The van der Waals surface area contributed by atoms with Gasteiger partial charge in [0.15, 0.2) is 5.65 Å². The molecule has 0 atom stereocenters. The summed E-state index contributed by atoms with van der Waals surface area (Å²) < 4.78 is 1.93. The fourth-order valence-electron chi connectivity index (χ4n) is 3.31. The Labute approximate surface area is 143 Å². The number of carbonyl (C=O) groups excluding carboxylic acids is 1. The molecule has 25 heavy (non-hydrogen) atoms. The lowest BCUT2D eigenvalue weighted by Crippen LogP contribution is -2.48. The number of nitrogens with zero attached hydrogens (tertiary/aromatic N) is 7. The largest absolute Gasteiger partial charge is 0.352 e. The zero-order valence-corrected chi connectivity index (χ0v) is 13.4. The van der Waals surface area contributed by atoms with E-state index in [-0.39, 0.29) is 12.1 Å². The Hall–Kier alpha value is -3.23. The van der Waals surface area contributed by atoms with Crippen molar-refractivity contribution in [3.63, 3.8) is 0 Å². The summed E-state index contributed by atoms with van der Waals surface area (Å²) >= 11 is 0. The Morgan fingerprint density at radius 3 is 2.96 bits per heavy atom. The van der Waals surface area contributed by atoms with Gasteiger partial charge in [0, 0.05) is 38.6 Å². The second-order valence-corrected chi connectivity index (χ2v) is 6.19. The van der Waals surface area contributed by atoms with E-state index in [1.165, 1.54) is 0 Å². The van der Waals surface area contributed by atoms with Gasteiger partial charge in [-0.05, 0) is 12.1 Å². The van der Waals surface area contributed by atoms with Gasteiger partial charge in [-0.1, -0.05) is 0 Å². The van der Waals surface area contributed by atoms with Crippen molar-refractivity contribution in [2.75, 3.05) is 36.0 Å². The number of aromatic nitrogens is 5. The van der Waals surface area contributed by atoms with E-state index in [4.69, 9.17) is 0 Å². The van der Waals surface area contributed by atoms with E-state index < -0.39 is 0 Å². The summed E-state index contributed by atoms with van der Waals surface area (Å²) in [5, 5.41) is 8.19. The average Bonchev–Trinajstić information content (AvgIpc) is 3.23. The highest BCUT2D eigenvalue weighted by Gasteiger charge is 2.32. The topological polar surface area (TPSA) is 92.1 Å². The SMILES string of the molecule is O=C1NCCN1c1cnn(C2CN(c3ncnc4ncccc34)C2)c1. The molecule has 3 aromatic heterocycles. The second kappa shape index (κ2) is 5.40. The first kappa shape index (κ1) is 14.1. The predicted molar refractivity (Wildman–Crippen MR) is 91.6 cm³/mol. The number of urea groups is 1. The second-order valence-electron chi connectivity index (χ2n) is 6.19. The third-order valence-corrected chi connectivity index (χ3v) is 4.68. The number of nitrogens with one attached hydrogen (secondary N) is 1. The molecule has 9 heteroatoms. The molecule has 126 valence electrons. The zero-order chi connectivity index (χ0) is 16.8. The van der Waals surface area contributed by atoms with Crippen molar-refractivity contribution in [2.24, 2.45) is 0 Å². The molecule has 9 nitrogen and oxygen atoms in total. The third-order valence-electron chi connectivity index (χ3n) is 4.68. The molecule has 1 N–H and O–H groups in total. The Kier molecular flexibility index (Phi) is 3.06. The van der Waals surface area contributed by atoms with Crippen LogP contribution in [0.5, 0.6) is 0 Å². The van der Waals surface area contributed by atoms with Crippen LogP contribution in [-0.2, 0) is 0 Å². The van der Waals surface area contributed by atoms with Crippen LogP contribution < -0.4 is 15.1 Å². The van der Waals surface area contributed by atoms with Crippen molar-refractivity contribution in [3.05, 3.63) is 37.1 Å². The maximum atomic E-state index is 11.7. The number of fused-ring (bicyclic) bond motifs is 1. The molecule has 0 aromatic carbocycles. The van der Waals surface area contributed by atoms with Gasteiger partial charge in [0.1, 0.15) is 12.1 Å². The quantitative estimate of drug-likeness (QED) is 0.761. The van der Waals surface area contributed by atoms with Crippen LogP contribution in [0, 0.1) is 0 Å². The van der Waals surface area contributed by atoms with Gasteiger partial charge in [-0.25, -0.2) is 19.7 Å². The van der Waals surface area contributed by atoms with Crippen LogP contribution in [0.25, 0.3) is 11.0 Å². The molecular formula is C16H16N8O. The van der Waals surface area contributed by atoms with Gasteiger partial charge >= 0.3 is 6.03 Å². The van der Waals surface area contributed by atoms with Crippen molar-refractivity contribution < 1.29 is 4.79 Å². The minimum atomic E-state index is -0.0604. The van der Waals surface area contributed by atoms with Crippen LogP contribution in [0.4, 0.5) is 16.3 Å². The molecule has 0 bridgehead atoms. The fraction of sp³-hybridized carbons (Fsp3) is 0.312. The molecule has 5 rings (SSSR count). The third kappa shape index (κ3) is 2.27. The maximum absolute atomic E-state index is 11.7. The van der Waals surface area contributed by atoms with Crippen LogP contribution in [0.2, 0.25) is 0 Å². The molecule has 0 radical (unpaired) electrons. The number of carbonyl (C=O) groups is 1. The molecule has 3 aromatic rings. The smallest absolute Gasteiger partial charge is 0.322 e. The molecule has 5 heterocycles. The summed E-state index contributed by atoms with van der Waals surface area (Å²) in [6, 6.07) is 4.09. The monoisotopic (exact) mass is 336 g/mol. The van der Waals surface area contributed by atoms with Gasteiger partial charge < -0.3 is 10.2 Å². The summed E-state index contributed by atoms with van der Waals surface area (Å²) in [5.41, 5.74) is 1.54. The van der Waals surface area contributed by atoms with Crippen LogP contribution in [0.15, 0.2) is 37.1 Å². The normalized spacial score (nSPS) is 17.8. The van der Waals surface area contributed by atoms with E-state index in [0.29, 0.717) is 18.7 Å². The van der Waals surface area contributed by atoms with Gasteiger partial charge in [0.05, 0.1) is 23.3 Å². The number of amides is 2. The lowest BCUT2D eigenvalue weighted by Gasteiger charge is -2.40. The number of hydrogen-bond donors (Lipinski definition) is 1. The fourth-order valence-corrected chi connectivity index (χ4v) is 3.31. The average molecular weight is 336 g/mol. The van der Waals surface area contributed by atoms with Crippen LogP contribution in [0.1, 0.15) is 6.04 Å². The van der Waals surface area contributed by atoms with Crippen LogP contribution in [0.3, 0.4) is 0 Å². The van der Waals surface area contributed by atoms with Crippen LogP contribution in [-0.4, -0.2) is 56.9 Å². The van der Waals surface area contributed by atoms with E-state index in [1.807, 2.05) is 23.0 Å². The van der Waals surface area contributed by atoms with Gasteiger partial charge in [-0.15, -0.1) is 0 Å². The van der Waals surface area contributed by atoms with Crippen molar-refractivity contribution in [1.29, 1.82) is 0 Å². The highest BCUT2D eigenvalue weighted by molar-refractivity contribution is 5.93. The Balaban J connectivity index is 1.33. The lowest BCUT2D eigenvalue weighted by atomic mass is 10.1. The first-order chi connectivity index (χ1) is 12.3. The minimum Gasteiger partial charge on any atom is -0.352 e. The summed E-state index contributed by atoms with van der Waals surface area (Å²) in [6.45, 7) is 2.99. The first-order valence-electron chi connectivity index (χ1n) is 8.20. The zero-order valence-electron chi connectivity index (χ0n) is 13.4. The standard InChI is InChI=1S/C16H16N8O/c25-16-18-4-5-23(16)11-6-21-24(9-11)12-7-22(8-12)15-13-2-1-3-17-14(13)19-10-20-15/h1-3,6,9-10,12H,4-5,7-8H2,(H,18,25). The summed E-state index contributed by atoms with van der Waals surface area (Å²) in [5.74, 6) is 0.903. The molecular weight excluding hydrogens is 320 g/mol. The van der Waals surface area contributed by atoms with E-state index in [9.17, 15) is 4.79 Å². The maximum Gasteiger partial charge on any atom is 0.322 e. The minimum absolute atomic E-state index is 0.0604. The van der Waals surface area contributed by atoms with E-state index in [0.717, 1.165) is 30.0 Å². The van der Waals surface area contributed by atoms with Crippen molar-refractivity contribution in [1.82, 2.24) is 30.0 Å². The lowest BCUT2D eigenvalue weighted by molar-refractivity contribution is 0.252. The van der Waals surface area contributed by atoms with Crippen molar-refractivity contribution in [3.8, 4) is 0 Å².